The molecule has 2 amide bonds. The highest BCUT2D eigenvalue weighted by molar-refractivity contribution is 5.98. The van der Waals surface area contributed by atoms with E-state index >= 15 is 0 Å². The molecule has 130 valence electrons. The minimum absolute atomic E-state index is 0.0989. The third kappa shape index (κ3) is 3.25. The van der Waals surface area contributed by atoms with Crippen LogP contribution in [0.4, 0.5) is 11.4 Å². The maximum Gasteiger partial charge on any atom is 0.242 e. The smallest absolute Gasteiger partial charge is 0.242 e. The molecule has 1 saturated heterocycles. The Morgan fingerprint density at radius 2 is 1.92 bits per heavy atom. The molecule has 3 rings (SSSR count). The van der Waals surface area contributed by atoms with Gasteiger partial charge in [-0.2, -0.15) is 0 Å². The zero-order valence-corrected chi connectivity index (χ0v) is 14.7. The first-order chi connectivity index (χ1) is 11.6. The molecule has 2 aliphatic rings. The average molecular weight is 329 g/mol. The number of carbonyl (C=O) groups excluding carboxylic acids is 2. The van der Waals surface area contributed by atoms with Gasteiger partial charge < -0.3 is 14.7 Å². The van der Waals surface area contributed by atoms with Crippen molar-refractivity contribution in [1.29, 1.82) is 0 Å². The van der Waals surface area contributed by atoms with Crippen LogP contribution in [0.15, 0.2) is 24.3 Å². The third-order valence-corrected chi connectivity index (χ3v) is 5.30. The van der Waals surface area contributed by atoms with Gasteiger partial charge in [-0.25, -0.2) is 0 Å². The van der Waals surface area contributed by atoms with Crippen LogP contribution >= 0.6 is 0 Å². The van der Waals surface area contributed by atoms with Gasteiger partial charge in [0.05, 0.1) is 17.9 Å². The van der Waals surface area contributed by atoms with E-state index in [0.29, 0.717) is 25.6 Å². The number of rotatable bonds is 3. The Kier molecular flexibility index (Phi) is 5.07. The number of amides is 2. The maximum absolute atomic E-state index is 12.9. The Morgan fingerprint density at radius 3 is 2.67 bits per heavy atom. The topological polar surface area (TPSA) is 43.9 Å². The molecule has 1 aromatic rings. The second-order valence-electron chi connectivity index (χ2n) is 6.76. The highest BCUT2D eigenvalue weighted by Gasteiger charge is 2.29. The number of hydrogen-bond donors (Lipinski definition) is 0. The van der Waals surface area contributed by atoms with Crippen molar-refractivity contribution >= 4 is 23.2 Å². The Labute approximate surface area is 144 Å². The van der Waals surface area contributed by atoms with Crippen LogP contribution in [0.2, 0.25) is 0 Å². The summed E-state index contributed by atoms with van der Waals surface area (Å²) in [6.07, 6.45) is 4.88. The number of carbonyl (C=O) groups is 2. The molecule has 0 bridgehead atoms. The van der Waals surface area contributed by atoms with Crippen molar-refractivity contribution in [1.82, 2.24) is 4.90 Å². The number of fused-ring (bicyclic) bond motifs is 1. The molecule has 0 saturated carbocycles. The van der Waals surface area contributed by atoms with Crippen LogP contribution in [0.1, 0.15) is 39.0 Å². The first kappa shape index (κ1) is 16.8. The molecule has 1 aromatic carbocycles. The molecule has 0 N–H and O–H groups in total. The molecular weight excluding hydrogens is 302 g/mol. The van der Waals surface area contributed by atoms with Crippen molar-refractivity contribution < 1.29 is 9.59 Å². The molecule has 1 fully saturated rings. The molecule has 0 aromatic heterocycles. The fourth-order valence-corrected chi connectivity index (χ4v) is 3.84. The minimum Gasteiger partial charge on any atom is -0.360 e. The normalized spacial score (nSPS) is 21.5. The number of para-hydroxylation sites is 2. The molecular formula is C19H27N3O2. The van der Waals surface area contributed by atoms with E-state index in [1.54, 1.807) is 4.90 Å². The summed E-state index contributed by atoms with van der Waals surface area (Å²) in [5, 5.41) is 0. The van der Waals surface area contributed by atoms with Crippen molar-refractivity contribution in [2.75, 3.05) is 36.5 Å². The number of hydrogen-bond acceptors (Lipinski definition) is 3. The van der Waals surface area contributed by atoms with Crippen molar-refractivity contribution in [2.24, 2.45) is 0 Å². The van der Waals surface area contributed by atoms with Crippen molar-refractivity contribution in [3.63, 3.8) is 0 Å². The molecule has 1 atom stereocenters. The van der Waals surface area contributed by atoms with Gasteiger partial charge in [-0.05, 0) is 37.8 Å². The summed E-state index contributed by atoms with van der Waals surface area (Å²) in [6.45, 7) is 3.97. The average Bonchev–Trinajstić information content (AvgIpc) is 2.74. The Morgan fingerprint density at radius 1 is 1.17 bits per heavy atom. The standard InChI is InChI=1S/C19H27N3O2/c1-3-15-8-6-7-12-22(15)19(24)14-21-13-11-18(23)20(2)16-9-4-5-10-17(16)21/h4-5,9-10,15H,3,6-8,11-14H2,1-2H3/t15-/m0/s1. The highest BCUT2D eigenvalue weighted by Crippen LogP contribution is 2.32. The van der Waals surface area contributed by atoms with E-state index in [-0.39, 0.29) is 11.8 Å². The van der Waals surface area contributed by atoms with Gasteiger partial charge in [-0.15, -0.1) is 0 Å². The molecule has 0 spiro atoms. The largest absolute Gasteiger partial charge is 0.360 e. The predicted octanol–water partition coefficient (Wildman–Crippen LogP) is 2.65. The van der Waals surface area contributed by atoms with Gasteiger partial charge >= 0.3 is 0 Å². The second kappa shape index (κ2) is 7.24. The first-order valence-electron chi connectivity index (χ1n) is 9.01. The van der Waals surface area contributed by atoms with Gasteiger partial charge in [0.15, 0.2) is 0 Å². The fourth-order valence-electron chi connectivity index (χ4n) is 3.84. The summed E-state index contributed by atoms with van der Waals surface area (Å²) in [5.41, 5.74) is 1.86. The monoisotopic (exact) mass is 329 g/mol. The molecule has 2 heterocycles. The molecule has 5 nitrogen and oxygen atoms in total. The van der Waals surface area contributed by atoms with Crippen LogP contribution in [0.5, 0.6) is 0 Å². The van der Waals surface area contributed by atoms with E-state index in [4.69, 9.17) is 0 Å². The lowest BCUT2D eigenvalue weighted by molar-refractivity contribution is -0.133. The molecule has 0 aliphatic carbocycles. The zero-order chi connectivity index (χ0) is 17.1. The van der Waals surface area contributed by atoms with Gasteiger partial charge in [-0.1, -0.05) is 19.1 Å². The van der Waals surface area contributed by atoms with Gasteiger partial charge in [0, 0.05) is 32.6 Å². The number of anilines is 2. The molecule has 0 unspecified atom stereocenters. The maximum atomic E-state index is 12.9. The summed E-state index contributed by atoms with van der Waals surface area (Å²) in [5.74, 6) is 0.287. The minimum atomic E-state index is 0.0989. The second-order valence-corrected chi connectivity index (χ2v) is 6.76. The van der Waals surface area contributed by atoms with Crippen LogP contribution in [-0.2, 0) is 9.59 Å². The molecule has 2 aliphatic heterocycles. The van der Waals surface area contributed by atoms with Crippen LogP contribution in [0.3, 0.4) is 0 Å². The van der Waals surface area contributed by atoms with E-state index in [2.05, 4.69) is 16.7 Å². The number of nitrogens with zero attached hydrogens (tertiary/aromatic N) is 3. The van der Waals surface area contributed by atoms with Gasteiger partial charge in [-0.3, -0.25) is 9.59 Å². The van der Waals surface area contributed by atoms with Crippen LogP contribution in [-0.4, -0.2) is 49.4 Å². The predicted molar refractivity (Wildman–Crippen MR) is 96.3 cm³/mol. The van der Waals surface area contributed by atoms with E-state index in [9.17, 15) is 9.59 Å². The number of piperidine rings is 1. The lowest BCUT2D eigenvalue weighted by Crippen LogP contribution is -2.48. The van der Waals surface area contributed by atoms with E-state index in [1.165, 1.54) is 6.42 Å². The lowest BCUT2D eigenvalue weighted by Gasteiger charge is -2.37. The quantitative estimate of drug-likeness (QED) is 0.856. The summed E-state index contributed by atoms with van der Waals surface area (Å²) in [4.78, 5) is 31.0. The Bertz CT molecular complexity index is 616. The van der Waals surface area contributed by atoms with Crippen molar-refractivity contribution in [2.45, 2.75) is 45.1 Å². The van der Waals surface area contributed by atoms with E-state index in [0.717, 1.165) is 37.2 Å². The summed E-state index contributed by atoms with van der Waals surface area (Å²) < 4.78 is 0. The van der Waals surface area contributed by atoms with Crippen molar-refractivity contribution in [3.8, 4) is 0 Å². The number of likely N-dealkylation sites (tertiary alicyclic amines) is 1. The number of benzene rings is 1. The lowest BCUT2D eigenvalue weighted by atomic mass is 10.00. The van der Waals surface area contributed by atoms with Crippen LogP contribution in [0, 0.1) is 0 Å². The van der Waals surface area contributed by atoms with E-state index < -0.39 is 0 Å². The highest BCUT2D eigenvalue weighted by atomic mass is 16.2. The molecule has 24 heavy (non-hydrogen) atoms. The summed E-state index contributed by atoms with van der Waals surface area (Å²) >= 11 is 0. The summed E-state index contributed by atoms with van der Waals surface area (Å²) in [6, 6.07) is 8.23. The van der Waals surface area contributed by atoms with Gasteiger partial charge in [0.25, 0.3) is 0 Å². The van der Waals surface area contributed by atoms with Crippen LogP contribution in [0.25, 0.3) is 0 Å². The van der Waals surface area contributed by atoms with E-state index in [1.807, 2.05) is 31.3 Å². The molecule has 0 radical (unpaired) electrons. The Balaban J connectivity index is 1.80. The third-order valence-electron chi connectivity index (χ3n) is 5.30. The fraction of sp³-hybridized carbons (Fsp3) is 0.579. The zero-order valence-electron chi connectivity index (χ0n) is 14.7. The molecule has 5 heteroatoms. The summed E-state index contributed by atoms with van der Waals surface area (Å²) in [7, 11) is 1.81. The van der Waals surface area contributed by atoms with Gasteiger partial charge in [0.2, 0.25) is 11.8 Å². The van der Waals surface area contributed by atoms with Gasteiger partial charge in [0.1, 0.15) is 0 Å². The van der Waals surface area contributed by atoms with Crippen LogP contribution < -0.4 is 9.80 Å². The van der Waals surface area contributed by atoms with Crippen molar-refractivity contribution in [3.05, 3.63) is 24.3 Å². The SMILES string of the molecule is CC[C@H]1CCCCN1C(=O)CN1CCC(=O)N(C)c2ccccc21. The first-order valence-corrected chi connectivity index (χ1v) is 9.01. The Hall–Kier alpha value is -2.04.